The van der Waals surface area contributed by atoms with Gasteiger partial charge in [-0.15, -0.1) is 0 Å². The Balaban J connectivity index is 2.24. The molecule has 0 bridgehead atoms. The molecule has 0 aromatic heterocycles. The van der Waals surface area contributed by atoms with Crippen molar-refractivity contribution in [2.45, 2.75) is 54.0 Å². The van der Waals surface area contributed by atoms with Gasteiger partial charge in [0, 0.05) is 0 Å². The molecule has 107 valence electrons. The molecular formula is C17H29OSn. The van der Waals surface area contributed by atoms with Crippen LogP contribution in [0.5, 0.6) is 0 Å². The first kappa shape index (κ1) is 17.0. The summed E-state index contributed by atoms with van der Waals surface area (Å²) in [5.41, 5.74) is 2.76. The Hall–Kier alpha value is -0.0213. The van der Waals surface area contributed by atoms with Crippen LogP contribution in [-0.4, -0.2) is 26.4 Å². The van der Waals surface area contributed by atoms with Gasteiger partial charge in [-0.25, -0.2) is 0 Å². The van der Waals surface area contributed by atoms with Crippen LogP contribution >= 0.6 is 0 Å². The Morgan fingerprint density at radius 3 is 2.32 bits per heavy atom. The van der Waals surface area contributed by atoms with Crippen molar-refractivity contribution >= 4 is 19.8 Å². The van der Waals surface area contributed by atoms with Crippen LogP contribution in [0.4, 0.5) is 0 Å². The van der Waals surface area contributed by atoms with Crippen molar-refractivity contribution in [2.75, 3.05) is 6.61 Å². The molecule has 0 fully saturated rings. The molecule has 1 unspecified atom stereocenters. The van der Waals surface area contributed by atoms with E-state index >= 15 is 0 Å². The van der Waals surface area contributed by atoms with Crippen molar-refractivity contribution in [1.82, 2.24) is 0 Å². The maximum atomic E-state index is 5.74. The number of hydrogen-bond donors (Lipinski definition) is 0. The zero-order valence-corrected chi connectivity index (χ0v) is 15.9. The summed E-state index contributed by atoms with van der Waals surface area (Å²) in [5.74, 6) is 0.782. The fourth-order valence-corrected chi connectivity index (χ4v) is 4.47. The van der Waals surface area contributed by atoms with Crippen molar-refractivity contribution in [1.29, 1.82) is 0 Å². The van der Waals surface area contributed by atoms with E-state index in [0.717, 1.165) is 19.1 Å². The summed E-state index contributed by atoms with van der Waals surface area (Å²) < 4.78 is 7.20. The molecule has 0 heterocycles. The summed E-state index contributed by atoms with van der Waals surface area (Å²) in [6.45, 7) is 6.28. The van der Waals surface area contributed by atoms with Gasteiger partial charge >= 0.3 is 120 Å². The van der Waals surface area contributed by atoms with Crippen molar-refractivity contribution in [3.8, 4) is 0 Å². The van der Waals surface area contributed by atoms with Crippen LogP contribution < -0.4 is 0 Å². The minimum atomic E-state index is -0.879. The first-order valence-electron chi connectivity index (χ1n) is 7.56. The zero-order valence-electron chi connectivity index (χ0n) is 13.0. The third-order valence-corrected chi connectivity index (χ3v) is 7.40. The number of rotatable bonds is 9. The van der Waals surface area contributed by atoms with Crippen LogP contribution in [0, 0.1) is 5.92 Å². The second-order valence-electron chi connectivity index (χ2n) is 5.90. The van der Waals surface area contributed by atoms with E-state index in [9.17, 15) is 0 Å². The molecule has 1 atom stereocenters. The van der Waals surface area contributed by atoms with Crippen LogP contribution in [0.2, 0.25) is 14.3 Å². The Kier molecular flexibility index (Phi) is 8.80. The van der Waals surface area contributed by atoms with Crippen molar-refractivity contribution in [3.05, 3.63) is 35.4 Å². The molecule has 1 aromatic carbocycles. The minimum absolute atomic E-state index is 0.774. The topological polar surface area (TPSA) is 9.23 Å². The summed E-state index contributed by atoms with van der Waals surface area (Å²) in [5, 5.41) is 0. The van der Waals surface area contributed by atoms with Gasteiger partial charge in [-0.3, -0.25) is 0 Å². The molecule has 0 N–H and O–H groups in total. The first-order chi connectivity index (χ1) is 9.11. The van der Waals surface area contributed by atoms with E-state index in [2.05, 4.69) is 48.0 Å². The van der Waals surface area contributed by atoms with Crippen LogP contribution in [0.25, 0.3) is 0 Å². The molecule has 1 rings (SSSR count). The van der Waals surface area contributed by atoms with Crippen LogP contribution in [0.15, 0.2) is 24.3 Å². The normalized spacial score (nSPS) is 12.9. The standard InChI is InChI=1S/C15H23O.2CH3.Sn/c1-4-10-16-12-15-8-6-14(7-9-15)11-13(3)5-2;;;/h6-9,13H,1,4-5,10-12H2,2-3H3;2*1H3;. The third kappa shape index (κ3) is 7.98. The predicted octanol–water partition coefficient (Wildman–Crippen LogP) is 4.94. The summed E-state index contributed by atoms with van der Waals surface area (Å²) in [6.07, 6.45) is 3.71. The van der Waals surface area contributed by atoms with Crippen molar-refractivity contribution in [3.63, 3.8) is 0 Å². The van der Waals surface area contributed by atoms with E-state index in [1.807, 2.05) is 0 Å². The molecular weight excluding hydrogens is 339 g/mol. The molecule has 2 heteroatoms. The van der Waals surface area contributed by atoms with Crippen LogP contribution in [0.1, 0.15) is 37.8 Å². The van der Waals surface area contributed by atoms with Gasteiger partial charge in [0.05, 0.1) is 0 Å². The van der Waals surface area contributed by atoms with E-state index in [1.165, 1.54) is 34.8 Å². The van der Waals surface area contributed by atoms with E-state index in [0.29, 0.717) is 0 Å². The van der Waals surface area contributed by atoms with Gasteiger partial charge in [-0.2, -0.15) is 0 Å². The van der Waals surface area contributed by atoms with Gasteiger partial charge in [0.25, 0.3) is 0 Å². The van der Waals surface area contributed by atoms with Gasteiger partial charge in [0.15, 0.2) is 0 Å². The van der Waals surface area contributed by atoms with Gasteiger partial charge in [-0.1, -0.05) is 6.92 Å². The molecule has 1 radical (unpaired) electrons. The Morgan fingerprint density at radius 2 is 1.74 bits per heavy atom. The quantitative estimate of drug-likeness (QED) is 0.443. The van der Waals surface area contributed by atoms with Gasteiger partial charge in [-0.05, 0) is 0 Å². The van der Waals surface area contributed by atoms with Gasteiger partial charge < -0.3 is 0 Å². The maximum absolute atomic E-state index is 5.74. The summed E-state index contributed by atoms with van der Waals surface area (Å²) in [7, 11) is 0. The SMILES string of the molecule is CCC(C)Cc1ccc(COCC[CH2][Sn]([CH3])[CH3])cc1. The van der Waals surface area contributed by atoms with E-state index < -0.39 is 19.8 Å². The number of ether oxygens (including phenoxy) is 1. The van der Waals surface area contributed by atoms with Crippen molar-refractivity contribution < 1.29 is 4.74 Å². The molecule has 0 aliphatic carbocycles. The Labute approximate surface area is 126 Å². The summed E-state index contributed by atoms with van der Waals surface area (Å²) in [4.78, 5) is 4.91. The van der Waals surface area contributed by atoms with Crippen LogP contribution in [0.3, 0.4) is 0 Å². The molecule has 0 aliphatic rings. The van der Waals surface area contributed by atoms with E-state index in [1.54, 1.807) is 0 Å². The zero-order chi connectivity index (χ0) is 14.1. The fourth-order valence-electron chi connectivity index (χ4n) is 2.04. The number of hydrogen-bond acceptors (Lipinski definition) is 1. The molecule has 0 saturated heterocycles. The van der Waals surface area contributed by atoms with E-state index in [-0.39, 0.29) is 0 Å². The predicted molar refractivity (Wildman–Crippen MR) is 86.2 cm³/mol. The average Bonchev–Trinajstić information content (AvgIpc) is 2.39. The second-order valence-corrected chi connectivity index (χ2v) is 14.2. The Morgan fingerprint density at radius 1 is 1.11 bits per heavy atom. The molecule has 0 aliphatic heterocycles. The van der Waals surface area contributed by atoms with Gasteiger partial charge in [0.1, 0.15) is 0 Å². The van der Waals surface area contributed by atoms with E-state index in [4.69, 9.17) is 4.74 Å². The number of benzene rings is 1. The summed E-state index contributed by atoms with van der Waals surface area (Å²) >= 11 is -0.879. The summed E-state index contributed by atoms with van der Waals surface area (Å²) in [6, 6.07) is 8.96. The average molecular weight is 368 g/mol. The fraction of sp³-hybridized carbons (Fsp3) is 0.647. The van der Waals surface area contributed by atoms with Crippen molar-refractivity contribution in [2.24, 2.45) is 5.92 Å². The van der Waals surface area contributed by atoms with Crippen LogP contribution in [-0.2, 0) is 17.8 Å². The molecule has 0 saturated carbocycles. The monoisotopic (exact) mass is 369 g/mol. The molecule has 1 nitrogen and oxygen atoms in total. The second kappa shape index (κ2) is 9.82. The third-order valence-electron chi connectivity index (χ3n) is 3.54. The molecule has 19 heavy (non-hydrogen) atoms. The molecule has 0 spiro atoms. The van der Waals surface area contributed by atoms with Gasteiger partial charge in [0.2, 0.25) is 0 Å². The first-order valence-corrected chi connectivity index (χ1v) is 15.3. The molecule has 0 amide bonds. The Bertz CT molecular complexity index is 332. The molecule has 1 aromatic rings.